The van der Waals surface area contributed by atoms with Gasteiger partial charge in [-0.05, 0) is 5.56 Å². The van der Waals surface area contributed by atoms with Crippen LogP contribution in [0.5, 0.6) is 0 Å². The van der Waals surface area contributed by atoms with Crippen LogP contribution < -0.4 is 5.73 Å². The van der Waals surface area contributed by atoms with E-state index in [0.717, 1.165) is 5.56 Å². The molecule has 0 fully saturated rings. The number of aliphatic hydroxyl groups is 1. The summed E-state index contributed by atoms with van der Waals surface area (Å²) in [6.07, 6.45) is 3.69. The molecule has 2 heteroatoms. The average Bonchev–Trinajstić information content (AvgIpc) is 2.16. The monoisotopic (exact) mass is 163 g/mol. The first-order valence-electron chi connectivity index (χ1n) is 3.92. The van der Waals surface area contributed by atoms with Crippen molar-refractivity contribution in [2.45, 2.75) is 6.04 Å². The lowest BCUT2D eigenvalue weighted by Gasteiger charge is -1.98. The number of nitrogens with two attached hydrogens (primary N) is 1. The van der Waals surface area contributed by atoms with Gasteiger partial charge in [-0.15, -0.1) is 0 Å². The molecule has 0 aliphatic rings. The van der Waals surface area contributed by atoms with Crippen LogP contribution in [0.3, 0.4) is 0 Å². The molecule has 0 spiro atoms. The van der Waals surface area contributed by atoms with Gasteiger partial charge in [-0.3, -0.25) is 0 Å². The summed E-state index contributed by atoms with van der Waals surface area (Å²) in [6.45, 7) is -0.0106. The van der Waals surface area contributed by atoms with Crippen molar-refractivity contribution in [2.75, 3.05) is 6.61 Å². The van der Waals surface area contributed by atoms with E-state index >= 15 is 0 Å². The molecular formula is C10H13NO. The fraction of sp³-hybridized carbons (Fsp3) is 0.200. The molecule has 0 bridgehead atoms. The van der Waals surface area contributed by atoms with Gasteiger partial charge >= 0.3 is 0 Å². The third-order valence-electron chi connectivity index (χ3n) is 1.55. The van der Waals surface area contributed by atoms with Crippen LogP contribution in [0.1, 0.15) is 5.56 Å². The second kappa shape index (κ2) is 4.70. The summed E-state index contributed by atoms with van der Waals surface area (Å²) in [6, 6.07) is 9.60. The summed E-state index contributed by atoms with van der Waals surface area (Å²) in [5.41, 5.74) is 6.58. The highest BCUT2D eigenvalue weighted by atomic mass is 16.3. The fourth-order valence-corrected chi connectivity index (χ4v) is 0.860. The maximum absolute atomic E-state index is 8.64. The lowest BCUT2D eigenvalue weighted by atomic mass is 10.2. The second-order valence-electron chi connectivity index (χ2n) is 2.62. The molecule has 0 radical (unpaired) electrons. The van der Waals surface area contributed by atoms with Gasteiger partial charge in [0.1, 0.15) is 0 Å². The number of hydrogen-bond acceptors (Lipinski definition) is 2. The van der Waals surface area contributed by atoms with Gasteiger partial charge in [0, 0.05) is 6.04 Å². The highest BCUT2D eigenvalue weighted by Crippen LogP contribution is 2.00. The van der Waals surface area contributed by atoms with Crippen LogP contribution in [0, 0.1) is 0 Å². The highest BCUT2D eigenvalue weighted by molar-refractivity contribution is 5.49. The van der Waals surface area contributed by atoms with E-state index in [1.807, 2.05) is 36.4 Å². The Morgan fingerprint density at radius 2 is 2.00 bits per heavy atom. The van der Waals surface area contributed by atoms with E-state index in [1.165, 1.54) is 0 Å². The van der Waals surface area contributed by atoms with Gasteiger partial charge in [-0.2, -0.15) is 0 Å². The molecule has 0 unspecified atom stereocenters. The topological polar surface area (TPSA) is 46.2 Å². The van der Waals surface area contributed by atoms with E-state index in [2.05, 4.69) is 0 Å². The van der Waals surface area contributed by atoms with Crippen molar-refractivity contribution in [2.24, 2.45) is 5.73 Å². The Bertz CT molecular complexity index is 243. The summed E-state index contributed by atoms with van der Waals surface area (Å²) >= 11 is 0. The predicted molar refractivity (Wildman–Crippen MR) is 50.5 cm³/mol. The maximum Gasteiger partial charge on any atom is 0.0618 e. The minimum absolute atomic E-state index is 0.0106. The molecule has 1 aromatic carbocycles. The zero-order chi connectivity index (χ0) is 8.81. The van der Waals surface area contributed by atoms with E-state index in [0.29, 0.717) is 0 Å². The second-order valence-corrected chi connectivity index (χ2v) is 2.62. The largest absolute Gasteiger partial charge is 0.394 e. The summed E-state index contributed by atoms with van der Waals surface area (Å²) in [5.74, 6) is 0. The first-order valence-corrected chi connectivity index (χ1v) is 3.92. The predicted octanol–water partition coefficient (Wildman–Crippen LogP) is 1.02. The SMILES string of the molecule is N[C@H](C=Cc1ccccc1)CO. The first-order chi connectivity index (χ1) is 5.83. The molecule has 0 aliphatic carbocycles. The molecule has 12 heavy (non-hydrogen) atoms. The number of benzene rings is 1. The van der Waals surface area contributed by atoms with Crippen LogP contribution >= 0.6 is 0 Å². The smallest absolute Gasteiger partial charge is 0.0618 e. The molecule has 1 atom stereocenters. The molecule has 0 saturated carbocycles. The van der Waals surface area contributed by atoms with Crippen LogP contribution in [-0.2, 0) is 0 Å². The number of aliphatic hydroxyl groups excluding tert-OH is 1. The molecule has 0 heterocycles. The zero-order valence-electron chi connectivity index (χ0n) is 6.85. The van der Waals surface area contributed by atoms with Gasteiger partial charge in [0.15, 0.2) is 0 Å². The van der Waals surface area contributed by atoms with Gasteiger partial charge in [-0.25, -0.2) is 0 Å². The highest BCUT2D eigenvalue weighted by Gasteiger charge is 1.91. The van der Waals surface area contributed by atoms with Gasteiger partial charge in [0.2, 0.25) is 0 Å². The summed E-state index contributed by atoms with van der Waals surface area (Å²) < 4.78 is 0. The van der Waals surface area contributed by atoms with Gasteiger partial charge in [-0.1, -0.05) is 42.5 Å². The lowest BCUT2D eigenvalue weighted by molar-refractivity contribution is 0.284. The molecule has 0 amide bonds. The van der Waals surface area contributed by atoms with E-state index < -0.39 is 0 Å². The number of hydrogen-bond donors (Lipinski definition) is 2. The van der Waals surface area contributed by atoms with Crippen LogP contribution in [-0.4, -0.2) is 17.8 Å². The van der Waals surface area contributed by atoms with Gasteiger partial charge < -0.3 is 10.8 Å². The van der Waals surface area contributed by atoms with Crippen molar-refractivity contribution in [3.8, 4) is 0 Å². The van der Waals surface area contributed by atoms with E-state index in [1.54, 1.807) is 6.08 Å². The van der Waals surface area contributed by atoms with E-state index in [-0.39, 0.29) is 12.6 Å². The maximum atomic E-state index is 8.64. The molecule has 1 aromatic rings. The normalized spacial score (nSPS) is 13.5. The van der Waals surface area contributed by atoms with Crippen LogP contribution in [0.4, 0.5) is 0 Å². The Morgan fingerprint density at radius 1 is 1.33 bits per heavy atom. The Balaban J connectivity index is 2.58. The third-order valence-corrected chi connectivity index (χ3v) is 1.55. The Morgan fingerprint density at radius 3 is 2.58 bits per heavy atom. The Kier molecular flexibility index (Phi) is 3.51. The standard InChI is InChI=1S/C10H13NO/c11-10(8-12)7-6-9-4-2-1-3-5-9/h1-7,10,12H,8,11H2/t10-/m1/s1. The van der Waals surface area contributed by atoms with Crippen LogP contribution in [0.15, 0.2) is 36.4 Å². The van der Waals surface area contributed by atoms with Gasteiger partial charge in [0.05, 0.1) is 6.61 Å². The van der Waals surface area contributed by atoms with Crippen molar-refractivity contribution in [3.05, 3.63) is 42.0 Å². The average molecular weight is 163 g/mol. The third kappa shape index (κ3) is 2.86. The van der Waals surface area contributed by atoms with Crippen molar-refractivity contribution < 1.29 is 5.11 Å². The van der Waals surface area contributed by atoms with E-state index in [9.17, 15) is 0 Å². The molecule has 1 rings (SSSR count). The Hall–Kier alpha value is -1.12. The Labute approximate surface area is 72.3 Å². The molecule has 0 saturated heterocycles. The molecule has 0 aromatic heterocycles. The van der Waals surface area contributed by atoms with Gasteiger partial charge in [0.25, 0.3) is 0 Å². The minimum atomic E-state index is -0.259. The molecular weight excluding hydrogens is 150 g/mol. The summed E-state index contributed by atoms with van der Waals surface area (Å²) in [5, 5.41) is 8.64. The quantitative estimate of drug-likeness (QED) is 0.698. The molecule has 0 aliphatic heterocycles. The van der Waals surface area contributed by atoms with Crippen molar-refractivity contribution >= 4 is 6.08 Å². The lowest BCUT2D eigenvalue weighted by Crippen LogP contribution is -2.20. The molecule has 64 valence electrons. The zero-order valence-corrected chi connectivity index (χ0v) is 6.85. The molecule has 3 N–H and O–H groups in total. The van der Waals surface area contributed by atoms with Crippen molar-refractivity contribution in [1.82, 2.24) is 0 Å². The summed E-state index contributed by atoms with van der Waals surface area (Å²) in [4.78, 5) is 0. The summed E-state index contributed by atoms with van der Waals surface area (Å²) in [7, 11) is 0. The van der Waals surface area contributed by atoms with Crippen LogP contribution in [0.25, 0.3) is 6.08 Å². The van der Waals surface area contributed by atoms with Crippen molar-refractivity contribution in [3.63, 3.8) is 0 Å². The van der Waals surface area contributed by atoms with Crippen molar-refractivity contribution in [1.29, 1.82) is 0 Å². The first kappa shape index (κ1) is 8.97. The number of rotatable bonds is 3. The van der Waals surface area contributed by atoms with E-state index in [4.69, 9.17) is 10.8 Å². The molecule has 2 nitrogen and oxygen atoms in total. The fourth-order valence-electron chi connectivity index (χ4n) is 0.860. The van der Waals surface area contributed by atoms with Crippen LogP contribution in [0.2, 0.25) is 0 Å². The minimum Gasteiger partial charge on any atom is -0.394 e.